The fraction of sp³-hybridized carbons (Fsp3) is 0.857. The van der Waals surface area contributed by atoms with Gasteiger partial charge in [0.2, 0.25) is 11.8 Å². The summed E-state index contributed by atoms with van der Waals surface area (Å²) in [5, 5.41) is 2.82. The molecule has 0 spiro atoms. The molecule has 0 aromatic heterocycles. The standard InChI is InChI=1S/C14H25N3O3/c1-8(7-10(15)18)17-12(19)14(16)9-5-4-6-20-11(9)13(14,2)3/h8-9,11H,4-7,16H2,1-3H3,(H2,15,18)(H,17,19). The Balaban J connectivity index is 2.09. The average molecular weight is 283 g/mol. The summed E-state index contributed by atoms with van der Waals surface area (Å²) >= 11 is 0. The Hall–Kier alpha value is -1.14. The van der Waals surface area contributed by atoms with Crippen LogP contribution in [0.15, 0.2) is 0 Å². The number of carbonyl (C=O) groups excluding carboxylic acids is 2. The molecule has 0 aromatic carbocycles. The first-order valence-corrected chi connectivity index (χ1v) is 7.21. The van der Waals surface area contributed by atoms with Crippen molar-refractivity contribution in [2.75, 3.05) is 6.61 Å². The van der Waals surface area contributed by atoms with Gasteiger partial charge >= 0.3 is 0 Å². The van der Waals surface area contributed by atoms with Crippen LogP contribution in [0.25, 0.3) is 0 Å². The molecule has 0 radical (unpaired) electrons. The van der Waals surface area contributed by atoms with Crippen LogP contribution < -0.4 is 16.8 Å². The molecule has 2 fully saturated rings. The Morgan fingerprint density at radius 3 is 2.70 bits per heavy atom. The van der Waals surface area contributed by atoms with Crippen molar-refractivity contribution in [3.05, 3.63) is 0 Å². The van der Waals surface area contributed by atoms with E-state index in [4.69, 9.17) is 16.2 Å². The van der Waals surface area contributed by atoms with Gasteiger partial charge in [0.05, 0.1) is 6.10 Å². The van der Waals surface area contributed by atoms with Gasteiger partial charge in [-0.05, 0) is 19.8 Å². The third-order valence-electron chi connectivity index (χ3n) is 4.95. The smallest absolute Gasteiger partial charge is 0.241 e. The Morgan fingerprint density at radius 1 is 1.45 bits per heavy atom. The lowest BCUT2D eigenvalue weighted by atomic mass is 9.46. The minimum atomic E-state index is -0.940. The molecule has 114 valence electrons. The van der Waals surface area contributed by atoms with E-state index in [0.717, 1.165) is 19.4 Å². The highest BCUT2D eigenvalue weighted by molar-refractivity contribution is 5.90. The van der Waals surface area contributed by atoms with E-state index in [1.54, 1.807) is 6.92 Å². The van der Waals surface area contributed by atoms with E-state index < -0.39 is 16.9 Å². The van der Waals surface area contributed by atoms with Gasteiger partial charge in [0.25, 0.3) is 0 Å². The number of ether oxygens (including phenoxy) is 1. The molecule has 1 aliphatic heterocycles. The molecule has 6 heteroatoms. The van der Waals surface area contributed by atoms with Gasteiger partial charge in [-0.15, -0.1) is 0 Å². The van der Waals surface area contributed by atoms with E-state index in [0.29, 0.717) is 0 Å². The lowest BCUT2D eigenvalue weighted by Crippen LogP contribution is -2.82. The zero-order chi connectivity index (χ0) is 15.1. The predicted octanol–water partition coefficient (Wildman–Crippen LogP) is -0.101. The van der Waals surface area contributed by atoms with Crippen LogP contribution >= 0.6 is 0 Å². The van der Waals surface area contributed by atoms with Crippen LogP contribution in [0, 0.1) is 11.3 Å². The van der Waals surface area contributed by atoms with E-state index >= 15 is 0 Å². The molecule has 2 aliphatic rings. The molecule has 4 atom stereocenters. The highest BCUT2D eigenvalue weighted by atomic mass is 16.5. The summed E-state index contributed by atoms with van der Waals surface area (Å²) in [7, 11) is 0. The molecule has 0 bridgehead atoms. The first-order chi connectivity index (χ1) is 9.21. The molecule has 2 rings (SSSR count). The molecule has 20 heavy (non-hydrogen) atoms. The summed E-state index contributed by atoms with van der Waals surface area (Å²) in [6.45, 7) is 6.43. The monoisotopic (exact) mass is 283 g/mol. The lowest BCUT2D eigenvalue weighted by molar-refractivity contribution is -0.225. The lowest BCUT2D eigenvalue weighted by Gasteiger charge is -2.65. The normalized spacial score (nSPS) is 36.4. The largest absolute Gasteiger partial charge is 0.377 e. The molecular weight excluding hydrogens is 258 g/mol. The summed E-state index contributed by atoms with van der Waals surface area (Å²) < 4.78 is 5.77. The van der Waals surface area contributed by atoms with Gasteiger partial charge < -0.3 is 21.5 Å². The third-order valence-corrected chi connectivity index (χ3v) is 4.95. The van der Waals surface area contributed by atoms with E-state index in [9.17, 15) is 9.59 Å². The van der Waals surface area contributed by atoms with Crippen molar-refractivity contribution in [1.82, 2.24) is 5.32 Å². The van der Waals surface area contributed by atoms with Crippen LogP contribution in [0.4, 0.5) is 0 Å². The topological polar surface area (TPSA) is 107 Å². The number of fused-ring (bicyclic) bond motifs is 1. The molecule has 5 N–H and O–H groups in total. The summed E-state index contributed by atoms with van der Waals surface area (Å²) in [6.07, 6.45) is 1.99. The number of hydrogen-bond acceptors (Lipinski definition) is 4. The molecule has 1 saturated carbocycles. The molecule has 0 aromatic rings. The Morgan fingerprint density at radius 2 is 2.10 bits per heavy atom. The molecule has 1 aliphatic carbocycles. The summed E-state index contributed by atoms with van der Waals surface area (Å²) in [4.78, 5) is 23.5. The van der Waals surface area contributed by atoms with Crippen molar-refractivity contribution < 1.29 is 14.3 Å². The van der Waals surface area contributed by atoms with Crippen molar-refractivity contribution in [3.63, 3.8) is 0 Å². The number of primary amides is 1. The van der Waals surface area contributed by atoms with E-state index in [1.165, 1.54) is 0 Å². The summed E-state index contributed by atoms with van der Waals surface area (Å²) in [5.74, 6) is -0.592. The van der Waals surface area contributed by atoms with Crippen molar-refractivity contribution in [1.29, 1.82) is 0 Å². The first-order valence-electron chi connectivity index (χ1n) is 7.21. The van der Waals surface area contributed by atoms with Gasteiger partial charge in [0.15, 0.2) is 0 Å². The number of nitrogens with two attached hydrogens (primary N) is 2. The van der Waals surface area contributed by atoms with Gasteiger partial charge in [-0.25, -0.2) is 0 Å². The van der Waals surface area contributed by atoms with Crippen LogP contribution in [0.2, 0.25) is 0 Å². The van der Waals surface area contributed by atoms with Gasteiger partial charge in [0.1, 0.15) is 5.54 Å². The average Bonchev–Trinajstić information content (AvgIpc) is 2.36. The maximum Gasteiger partial charge on any atom is 0.241 e. The van der Waals surface area contributed by atoms with Crippen LogP contribution in [-0.2, 0) is 14.3 Å². The SMILES string of the molecule is CC(CC(N)=O)NC(=O)C1(N)C2CCCOC2C1(C)C. The van der Waals surface area contributed by atoms with E-state index in [1.807, 2.05) is 13.8 Å². The molecule has 4 unspecified atom stereocenters. The summed E-state index contributed by atoms with van der Waals surface area (Å²) in [5.41, 5.74) is 10.2. The van der Waals surface area contributed by atoms with Crippen molar-refractivity contribution in [3.8, 4) is 0 Å². The van der Waals surface area contributed by atoms with Gasteiger partial charge in [-0.3, -0.25) is 9.59 Å². The Labute approximate surface area is 119 Å². The third kappa shape index (κ3) is 2.11. The van der Waals surface area contributed by atoms with Crippen molar-refractivity contribution >= 4 is 11.8 Å². The summed E-state index contributed by atoms with van der Waals surface area (Å²) in [6, 6.07) is -0.306. The minimum absolute atomic E-state index is 0.0402. The van der Waals surface area contributed by atoms with Gasteiger partial charge in [-0.1, -0.05) is 13.8 Å². The quantitative estimate of drug-likeness (QED) is 0.669. The van der Waals surface area contributed by atoms with Gasteiger partial charge in [-0.2, -0.15) is 0 Å². The molecular formula is C14H25N3O3. The van der Waals surface area contributed by atoms with Crippen LogP contribution in [0.1, 0.15) is 40.0 Å². The second kappa shape index (κ2) is 5.00. The van der Waals surface area contributed by atoms with E-state index in [-0.39, 0.29) is 30.4 Å². The van der Waals surface area contributed by atoms with E-state index in [2.05, 4.69) is 5.32 Å². The number of amides is 2. The maximum atomic E-state index is 12.6. The van der Waals surface area contributed by atoms with Crippen molar-refractivity contribution in [2.45, 2.75) is 57.7 Å². The highest BCUT2D eigenvalue weighted by Gasteiger charge is 2.70. The zero-order valence-electron chi connectivity index (χ0n) is 12.4. The molecule has 1 saturated heterocycles. The first kappa shape index (κ1) is 15.3. The highest BCUT2D eigenvalue weighted by Crippen LogP contribution is 2.57. The number of rotatable bonds is 4. The fourth-order valence-electron chi connectivity index (χ4n) is 3.73. The fourth-order valence-corrected chi connectivity index (χ4v) is 3.73. The van der Waals surface area contributed by atoms with Crippen LogP contribution in [0.3, 0.4) is 0 Å². The van der Waals surface area contributed by atoms with Crippen LogP contribution in [0.5, 0.6) is 0 Å². The minimum Gasteiger partial charge on any atom is -0.377 e. The Bertz CT molecular complexity index is 424. The predicted molar refractivity (Wildman–Crippen MR) is 74.6 cm³/mol. The second-order valence-corrected chi connectivity index (χ2v) is 6.68. The number of hydrogen-bond donors (Lipinski definition) is 3. The molecule has 1 heterocycles. The maximum absolute atomic E-state index is 12.6. The molecule has 2 amide bonds. The Kier molecular flexibility index (Phi) is 3.81. The number of carbonyl (C=O) groups is 2. The van der Waals surface area contributed by atoms with Crippen molar-refractivity contribution in [2.24, 2.45) is 22.8 Å². The molecule has 6 nitrogen and oxygen atoms in total. The second-order valence-electron chi connectivity index (χ2n) is 6.68. The van der Waals surface area contributed by atoms with Crippen LogP contribution in [-0.4, -0.2) is 36.1 Å². The zero-order valence-corrected chi connectivity index (χ0v) is 12.4. The van der Waals surface area contributed by atoms with Gasteiger partial charge in [0, 0.05) is 30.4 Å². The number of nitrogens with one attached hydrogen (secondary N) is 1.